The van der Waals surface area contributed by atoms with E-state index in [4.69, 9.17) is 4.74 Å². The van der Waals surface area contributed by atoms with Gasteiger partial charge in [-0.3, -0.25) is 0 Å². The van der Waals surface area contributed by atoms with E-state index in [-0.39, 0.29) is 0 Å². The minimum atomic E-state index is 0.650. The van der Waals surface area contributed by atoms with Crippen molar-refractivity contribution in [3.05, 3.63) is 0 Å². The molecular formula is C8H18OSi. The second-order valence-corrected chi connectivity index (χ2v) is 3.97. The van der Waals surface area contributed by atoms with Gasteiger partial charge in [-0.1, -0.05) is 19.4 Å². The maximum absolute atomic E-state index is 5.46. The van der Waals surface area contributed by atoms with E-state index in [2.05, 4.69) is 6.92 Å². The molecule has 1 saturated heterocycles. The second kappa shape index (κ2) is 4.14. The van der Waals surface area contributed by atoms with E-state index in [0.717, 1.165) is 12.5 Å². The van der Waals surface area contributed by atoms with Crippen molar-refractivity contribution in [2.45, 2.75) is 38.3 Å². The highest BCUT2D eigenvalue weighted by Gasteiger charge is 2.25. The van der Waals surface area contributed by atoms with E-state index >= 15 is 0 Å². The van der Waals surface area contributed by atoms with Crippen molar-refractivity contribution in [3.8, 4) is 0 Å². The highest BCUT2D eigenvalue weighted by Crippen LogP contribution is 2.26. The fourth-order valence-corrected chi connectivity index (χ4v) is 2.58. The molecule has 2 heteroatoms. The van der Waals surface area contributed by atoms with Gasteiger partial charge >= 0.3 is 0 Å². The summed E-state index contributed by atoms with van der Waals surface area (Å²) in [5, 5.41) is 0. The Balaban J connectivity index is 2.17. The van der Waals surface area contributed by atoms with Gasteiger partial charge in [0, 0.05) is 16.8 Å². The van der Waals surface area contributed by atoms with Crippen molar-refractivity contribution in [1.82, 2.24) is 0 Å². The minimum absolute atomic E-state index is 0.650. The van der Waals surface area contributed by atoms with Gasteiger partial charge in [-0.25, -0.2) is 0 Å². The SMILES string of the molecule is CCCC(C[SiH3])C1CCO1. The molecule has 0 radical (unpaired) electrons. The van der Waals surface area contributed by atoms with Gasteiger partial charge in [-0.05, 0) is 18.8 Å². The van der Waals surface area contributed by atoms with E-state index in [1.54, 1.807) is 0 Å². The summed E-state index contributed by atoms with van der Waals surface area (Å²) >= 11 is 0. The fourth-order valence-electron chi connectivity index (χ4n) is 1.65. The summed E-state index contributed by atoms with van der Waals surface area (Å²) in [6, 6.07) is 1.43. The van der Waals surface area contributed by atoms with Crippen LogP contribution in [0, 0.1) is 5.92 Å². The van der Waals surface area contributed by atoms with Crippen LogP contribution in [-0.4, -0.2) is 23.0 Å². The van der Waals surface area contributed by atoms with Crippen LogP contribution in [0.3, 0.4) is 0 Å². The molecule has 1 rings (SSSR count). The van der Waals surface area contributed by atoms with Gasteiger partial charge in [-0.2, -0.15) is 0 Å². The number of rotatable bonds is 4. The van der Waals surface area contributed by atoms with E-state index in [1.165, 1.54) is 35.5 Å². The molecule has 0 amide bonds. The Morgan fingerprint density at radius 2 is 2.40 bits per heavy atom. The first-order chi connectivity index (χ1) is 4.88. The molecule has 2 atom stereocenters. The standard InChI is InChI=1S/C8H18OSi/c1-2-3-7(6-10)8-4-5-9-8/h7-8H,2-6H2,1,10H3. The van der Waals surface area contributed by atoms with Gasteiger partial charge in [0.25, 0.3) is 0 Å². The van der Waals surface area contributed by atoms with Crippen molar-refractivity contribution in [3.63, 3.8) is 0 Å². The van der Waals surface area contributed by atoms with E-state index < -0.39 is 0 Å². The zero-order chi connectivity index (χ0) is 7.40. The van der Waals surface area contributed by atoms with Crippen LogP contribution >= 0.6 is 0 Å². The molecule has 0 bridgehead atoms. The Morgan fingerprint density at radius 3 is 2.70 bits per heavy atom. The lowest BCUT2D eigenvalue weighted by molar-refractivity contribution is -0.0819. The Hall–Kier alpha value is 0.177. The Labute approximate surface area is 66.6 Å². The van der Waals surface area contributed by atoms with Crippen molar-refractivity contribution in [2.24, 2.45) is 5.92 Å². The smallest absolute Gasteiger partial charge is 0.0622 e. The molecule has 10 heavy (non-hydrogen) atoms. The first kappa shape index (κ1) is 8.28. The maximum atomic E-state index is 5.46. The van der Waals surface area contributed by atoms with Crippen LogP contribution in [0.1, 0.15) is 26.2 Å². The van der Waals surface area contributed by atoms with Crippen molar-refractivity contribution >= 4 is 10.2 Å². The summed E-state index contributed by atoms with van der Waals surface area (Å²) in [5.41, 5.74) is 0. The zero-order valence-electron chi connectivity index (χ0n) is 7.10. The molecule has 1 aliphatic heterocycles. The predicted molar refractivity (Wildman–Crippen MR) is 47.5 cm³/mol. The zero-order valence-corrected chi connectivity index (χ0v) is 9.10. The summed E-state index contributed by atoms with van der Waals surface area (Å²) in [6.45, 7) is 3.29. The van der Waals surface area contributed by atoms with Gasteiger partial charge < -0.3 is 4.74 Å². The van der Waals surface area contributed by atoms with E-state index in [9.17, 15) is 0 Å². The molecule has 0 aromatic carbocycles. The average Bonchev–Trinajstić information content (AvgIpc) is 1.83. The van der Waals surface area contributed by atoms with Crippen molar-refractivity contribution in [1.29, 1.82) is 0 Å². The number of hydrogen-bond acceptors (Lipinski definition) is 1. The summed E-state index contributed by atoms with van der Waals surface area (Å²) in [4.78, 5) is 0. The van der Waals surface area contributed by atoms with Crippen molar-refractivity contribution < 1.29 is 4.74 Å². The van der Waals surface area contributed by atoms with Crippen LogP contribution in [0.4, 0.5) is 0 Å². The molecule has 0 saturated carbocycles. The fraction of sp³-hybridized carbons (Fsp3) is 1.00. The topological polar surface area (TPSA) is 9.23 Å². The third-order valence-corrected chi connectivity index (χ3v) is 3.49. The van der Waals surface area contributed by atoms with Crippen molar-refractivity contribution in [2.75, 3.05) is 6.61 Å². The summed E-state index contributed by atoms with van der Waals surface area (Å²) in [7, 11) is 1.34. The van der Waals surface area contributed by atoms with Gasteiger partial charge in [0.05, 0.1) is 6.10 Å². The molecule has 0 aromatic heterocycles. The van der Waals surface area contributed by atoms with Crippen LogP contribution in [0.5, 0.6) is 0 Å². The lowest BCUT2D eigenvalue weighted by Crippen LogP contribution is -2.34. The predicted octanol–water partition coefficient (Wildman–Crippen LogP) is 0.975. The summed E-state index contributed by atoms with van der Waals surface area (Å²) in [6.07, 6.45) is 4.69. The molecule has 1 aliphatic rings. The minimum Gasteiger partial charge on any atom is -0.378 e. The van der Waals surface area contributed by atoms with Gasteiger partial charge in [0.15, 0.2) is 0 Å². The lowest BCUT2D eigenvalue weighted by atomic mass is 9.94. The quantitative estimate of drug-likeness (QED) is 0.554. The monoisotopic (exact) mass is 158 g/mol. The third kappa shape index (κ3) is 1.83. The van der Waals surface area contributed by atoms with E-state index in [1.807, 2.05) is 0 Å². The molecule has 0 aromatic rings. The first-order valence-corrected chi connectivity index (χ1v) is 5.91. The molecule has 0 spiro atoms. The Kier molecular flexibility index (Phi) is 3.42. The molecule has 2 unspecified atom stereocenters. The van der Waals surface area contributed by atoms with Gasteiger partial charge in [0.1, 0.15) is 0 Å². The lowest BCUT2D eigenvalue weighted by Gasteiger charge is -2.33. The normalized spacial score (nSPS) is 27.9. The maximum Gasteiger partial charge on any atom is 0.0622 e. The summed E-state index contributed by atoms with van der Waals surface area (Å²) < 4.78 is 5.46. The third-order valence-electron chi connectivity index (χ3n) is 2.44. The number of hydrogen-bond donors (Lipinski definition) is 0. The van der Waals surface area contributed by atoms with Crippen LogP contribution < -0.4 is 0 Å². The average molecular weight is 158 g/mol. The van der Waals surface area contributed by atoms with Crippen LogP contribution in [0.25, 0.3) is 0 Å². The number of ether oxygens (including phenoxy) is 1. The molecule has 1 nitrogen and oxygen atoms in total. The van der Waals surface area contributed by atoms with Crippen LogP contribution in [-0.2, 0) is 4.74 Å². The van der Waals surface area contributed by atoms with Crippen LogP contribution in [0.2, 0.25) is 6.04 Å². The largest absolute Gasteiger partial charge is 0.378 e. The molecular weight excluding hydrogens is 140 g/mol. The summed E-state index contributed by atoms with van der Waals surface area (Å²) in [5.74, 6) is 0.908. The molecule has 0 aliphatic carbocycles. The van der Waals surface area contributed by atoms with Gasteiger partial charge in [0.2, 0.25) is 0 Å². The molecule has 0 N–H and O–H groups in total. The highest BCUT2D eigenvalue weighted by molar-refractivity contribution is 6.08. The molecule has 1 fully saturated rings. The highest BCUT2D eigenvalue weighted by atomic mass is 28.1. The molecule has 60 valence electrons. The van der Waals surface area contributed by atoms with E-state index in [0.29, 0.717) is 6.10 Å². The first-order valence-electron chi connectivity index (χ1n) is 4.50. The Morgan fingerprint density at radius 1 is 1.70 bits per heavy atom. The molecule has 1 heterocycles. The van der Waals surface area contributed by atoms with Gasteiger partial charge in [-0.15, -0.1) is 0 Å². The van der Waals surface area contributed by atoms with Crippen LogP contribution in [0.15, 0.2) is 0 Å². The second-order valence-electron chi connectivity index (χ2n) is 3.15. The Bertz CT molecular complexity index is 91.3.